The number of aryl methyl sites for hydroxylation is 1. The quantitative estimate of drug-likeness (QED) is 0.358. The Kier molecular flexibility index (Phi) is 8.15. The number of nitrogens with zero attached hydrogens (tertiary/aromatic N) is 3. The Balaban J connectivity index is 0.00000243. The van der Waals surface area contributed by atoms with Crippen molar-refractivity contribution in [2.75, 3.05) is 20.3 Å². The van der Waals surface area contributed by atoms with Gasteiger partial charge in [-0.1, -0.05) is 0 Å². The van der Waals surface area contributed by atoms with Crippen LogP contribution in [0.4, 0.5) is 0 Å². The van der Waals surface area contributed by atoms with Crippen LogP contribution in [0.1, 0.15) is 43.1 Å². The van der Waals surface area contributed by atoms with E-state index in [0.29, 0.717) is 31.4 Å². The summed E-state index contributed by atoms with van der Waals surface area (Å²) in [5.41, 5.74) is 3.39. The average Bonchev–Trinajstić information content (AvgIpc) is 3.27. The maximum atomic E-state index is 5.94. The summed E-state index contributed by atoms with van der Waals surface area (Å²) in [4.78, 5) is 4.80. The SMILES string of the molecule is CCNC(=NCc1c(C)nn(CCOC)c1C)NC1CC2CCC1O2.I. The van der Waals surface area contributed by atoms with Crippen LogP contribution in [0.5, 0.6) is 0 Å². The van der Waals surface area contributed by atoms with E-state index in [-0.39, 0.29) is 24.0 Å². The van der Waals surface area contributed by atoms with E-state index in [9.17, 15) is 0 Å². The minimum atomic E-state index is 0. The van der Waals surface area contributed by atoms with Crippen molar-refractivity contribution >= 4 is 29.9 Å². The summed E-state index contributed by atoms with van der Waals surface area (Å²) in [5, 5.41) is 11.5. The molecule has 2 N–H and O–H groups in total. The molecular formula is C18H32IN5O2. The van der Waals surface area contributed by atoms with Gasteiger partial charge in [0.2, 0.25) is 0 Å². The van der Waals surface area contributed by atoms with Gasteiger partial charge in [0, 0.05) is 24.9 Å². The maximum absolute atomic E-state index is 5.94. The van der Waals surface area contributed by atoms with E-state index in [1.54, 1.807) is 7.11 Å². The molecular weight excluding hydrogens is 445 g/mol. The number of ether oxygens (including phenoxy) is 2. The zero-order valence-corrected chi connectivity index (χ0v) is 18.6. The van der Waals surface area contributed by atoms with Crippen molar-refractivity contribution in [1.82, 2.24) is 20.4 Å². The molecule has 8 heteroatoms. The molecule has 26 heavy (non-hydrogen) atoms. The van der Waals surface area contributed by atoms with Crippen LogP contribution in [0, 0.1) is 13.8 Å². The van der Waals surface area contributed by atoms with Gasteiger partial charge in [0.05, 0.1) is 43.6 Å². The Morgan fingerprint density at radius 2 is 2.19 bits per heavy atom. The minimum Gasteiger partial charge on any atom is -0.383 e. The number of halogens is 1. The van der Waals surface area contributed by atoms with Gasteiger partial charge in [-0.2, -0.15) is 5.10 Å². The van der Waals surface area contributed by atoms with Crippen molar-refractivity contribution in [2.24, 2.45) is 4.99 Å². The highest BCUT2D eigenvalue weighted by Gasteiger charge is 2.41. The Labute approximate surface area is 173 Å². The summed E-state index contributed by atoms with van der Waals surface area (Å²) in [6.45, 7) is 9.15. The first kappa shape index (κ1) is 21.4. The van der Waals surface area contributed by atoms with Crippen LogP contribution in [0.25, 0.3) is 0 Å². The maximum Gasteiger partial charge on any atom is 0.191 e. The van der Waals surface area contributed by atoms with E-state index in [1.165, 1.54) is 12.0 Å². The van der Waals surface area contributed by atoms with Gasteiger partial charge >= 0.3 is 0 Å². The number of methoxy groups -OCH3 is 1. The van der Waals surface area contributed by atoms with Crippen molar-refractivity contribution in [1.29, 1.82) is 0 Å². The van der Waals surface area contributed by atoms with Crippen molar-refractivity contribution in [3.8, 4) is 0 Å². The number of aliphatic imine (C=N–C) groups is 1. The van der Waals surface area contributed by atoms with Crippen LogP contribution in [0.2, 0.25) is 0 Å². The third kappa shape index (κ3) is 4.89. The number of fused-ring (bicyclic) bond motifs is 2. The fraction of sp³-hybridized carbons (Fsp3) is 0.778. The van der Waals surface area contributed by atoms with Gasteiger partial charge in [-0.15, -0.1) is 24.0 Å². The Hall–Kier alpha value is -0.870. The number of hydrogen-bond acceptors (Lipinski definition) is 4. The van der Waals surface area contributed by atoms with E-state index >= 15 is 0 Å². The van der Waals surface area contributed by atoms with E-state index in [2.05, 4.69) is 29.6 Å². The lowest BCUT2D eigenvalue weighted by molar-refractivity contribution is 0.0992. The summed E-state index contributed by atoms with van der Waals surface area (Å²) < 4.78 is 13.1. The molecule has 3 rings (SSSR count). The zero-order valence-electron chi connectivity index (χ0n) is 16.2. The smallest absolute Gasteiger partial charge is 0.191 e. The van der Waals surface area contributed by atoms with E-state index in [4.69, 9.17) is 14.5 Å². The molecule has 3 atom stereocenters. The largest absolute Gasteiger partial charge is 0.383 e. The number of aromatic nitrogens is 2. The highest BCUT2D eigenvalue weighted by molar-refractivity contribution is 14.0. The lowest BCUT2D eigenvalue weighted by Gasteiger charge is -2.22. The van der Waals surface area contributed by atoms with Gasteiger partial charge in [-0.05, 0) is 40.0 Å². The topological polar surface area (TPSA) is 72.7 Å². The Morgan fingerprint density at radius 3 is 2.81 bits per heavy atom. The average molecular weight is 477 g/mol. The molecule has 2 aliphatic rings. The molecule has 2 aliphatic heterocycles. The summed E-state index contributed by atoms with van der Waals surface area (Å²) in [6, 6.07) is 0.378. The normalized spacial score (nSPS) is 24.6. The monoisotopic (exact) mass is 477 g/mol. The molecule has 1 aromatic heterocycles. The summed E-state index contributed by atoms with van der Waals surface area (Å²) in [7, 11) is 1.71. The molecule has 0 aliphatic carbocycles. The van der Waals surface area contributed by atoms with E-state index in [0.717, 1.165) is 43.3 Å². The predicted octanol–water partition coefficient (Wildman–Crippen LogP) is 2.14. The third-order valence-electron chi connectivity index (χ3n) is 5.21. The molecule has 0 saturated carbocycles. The van der Waals surface area contributed by atoms with Crippen molar-refractivity contribution in [2.45, 2.75) is 71.4 Å². The molecule has 2 saturated heterocycles. The Morgan fingerprint density at radius 1 is 1.38 bits per heavy atom. The fourth-order valence-corrected chi connectivity index (χ4v) is 3.80. The first-order chi connectivity index (χ1) is 12.1. The van der Waals surface area contributed by atoms with Crippen LogP contribution in [-0.2, 0) is 22.6 Å². The van der Waals surface area contributed by atoms with Crippen molar-refractivity contribution in [3.63, 3.8) is 0 Å². The van der Waals surface area contributed by atoms with Crippen LogP contribution < -0.4 is 10.6 Å². The number of nitrogens with one attached hydrogen (secondary N) is 2. The molecule has 3 unspecified atom stereocenters. The van der Waals surface area contributed by atoms with Gasteiger partial charge in [0.15, 0.2) is 5.96 Å². The molecule has 2 bridgehead atoms. The van der Waals surface area contributed by atoms with Crippen LogP contribution >= 0.6 is 24.0 Å². The first-order valence-corrected chi connectivity index (χ1v) is 9.34. The second kappa shape index (κ2) is 9.89. The first-order valence-electron chi connectivity index (χ1n) is 9.34. The molecule has 148 valence electrons. The highest BCUT2D eigenvalue weighted by atomic mass is 127. The second-order valence-electron chi connectivity index (χ2n) is 6.92. The van der Waals surface area contributed by atoms with Crippen LogP contribution in [0.15, 0.2) is 4.99 Å². The third-order valence-corrected chi connectivity index (χ3v) is 5.21. The molecule has 0 aromatic carbocycles. The molecule has 2 fully saturated rings. The summed E-state index contributed by atoms with van der Waals surface area (Å²) >= 11 is 0. The van der Waals surface area contributed by atoms with Gasteiger partial charge in [-0.3, -0.25) is 4.68 Å². The van der Waals surface area contributed by atoms with Gasteiger partial charge in [0.1, 0.15) is 0 Å². The van der Waals surface area contributed by atoms with Crippen LogP contribution in [-0.4, -0.2) is 54.3 Å². The van der Waals surface area contributed by atoms with Gasteiger partial charge in [-0.25, -0.2) is 4.99 Å². The number of guanidine groups is 1. The summed E-state index contributed by atoms with van der Waals surface area (Å²) in [6.07, 6.45) is 4.23. The fourth-order valence-electron chi connectivity index (χ4n) is 3.80. The van der Waals surface area contributed by atoms with Crippen molar-refractivity contribution < 1.29 is 9.47 Å². The van der Waals surface area contributed by atoms with E-state index < -0.39 is 0 Å². The summed E-state index contributed by atoms with van der Waals surface area (Å²) in [5.74, 6) is 0.868. The minimum absolute atomic E-state index is 0. The Bertz CT molecular complexity index is 619. The van der Waals surface area contributed by atoms with Gasteiger partial charge in [0.25, 0.3) is 0 Å². The molecule has 0 radical (unpaired) electrons. The zero-order chi connectivity index (χ0) is 17.8. The molecule has 0 spiro atoms. The number of hydrogen-bond donors (Lipinski definition) is 2. The lowest BCUT2D eigenvalue weighted by Crippen LogP contribution is -2.47. The second-order valence-corrected chi connectivity index (χ2v) is 6.92. The van der Waals surface area contributed by atoms with Gasteiger partial charge < -0.3 is 20.1 Å². The molecule has 7 nitrogen and oxygen atoms in total. The van der Waals surface area contributed by atoms with Crippen molar-refractivity contribution in [3.05, 3.63) is 17.0 Å². The number of rotatable bonds is 7. The highest BCUT2D eigenvalue weighted by Crippen LogP contribution is 2.34. The molecule has 0 amide bonds. The standard InChI is InChI=1S/C18H31N5O2.HI/c1-5-19-18(21-16-10-14-6-7-17(16)25-14)20-11-15-12(2)22-23(13(15)3)8-9-24-4;/h14,16-17H,5-11H2,1-4H3,(H2,19,20,21);1H. The predicted molar refractivity (Wildman–Crippen MR) is 113 cm³/mol. The van der Waals surface area contributed by atoms with E-state index in [1.807, 2.05) is 11.6 Å². The lowest BCUT2D eigenvalue weighted by atomic mass is 9.96. The van der Waals surface area contributed by atoms with Crippen LogP contribution in [0.3, 0.4) is 0 Å². The molecule has 1 aromatic rings. The molecule has 3 heterocycles.